The molecule has 0 saturated heterocycles. The summed E-state index contributed by atoms with van der Waals surface area (Å²) < 4.78 is 4.94. The van der Waals surface area contributed by atoms with Gasteiger partial charge in [0.1, 0.15) is 5.76 Å². The van der Waals surface area contributed by atoms with Gasteiger partial charge in [0.15, 0.2) is 0 Å². The summed E-state index contributed by atoms with van der Waals surface area (Å²) in [7, 11) is 0. The van der Waals surface area contributed by atoms with Gasteiger partial charge in [-0.2, -0.15) is 0 Å². The first-order chi connectivity index (χ1) is 8.99. The van der Waals surface area contributed by atoms with Crippen molar-refractivity contribution in [3.8, 4) is 0 Å². The smallest absolute Gasteiger partial charge is 0.371 e. The van der Waals surface area contributed by atoms with Crippen molar-refractivity contribution in [2.75, 3.05) is 13.1 Å². The molecule has 0 aliphatic rings. The van der Waals surface area contributed by atoms with E-state index in [1.165, 1.54) is 12.1 Å². The molecule has 1 aromatic rings. The Hall–Kier alpha value is -2.71. The number of carbonyl (C=O) groups excluding carboxylic acids is 2. The molecule has 4 amide bonds. The molecule has 0 spiro atoms. The van der Waals surface area contributed by atoms with Crippen LogP contribution in [0.5, 0.6) is 0 Å². The van der Waals surface area contributed by atoms with E-state index in [0.29, 0.717) is 5.76 Å². The molecule has 1 rings (SSSR count). The van der Waals surface area contributed by atoms with Gasteiger partial charge >= 0.3 is 18.0 Å². The Morgan fingerprint density at radius 1 is 1.16 bits per heavy atom. The van der Waals surface area contributed by atoms with Crippen LogP contribution in [0.4, 0.5) is 9.59 Å². The standard InChI is InChI=1S/C10H14N4O5/c11-9(17)12-3-4-13-10(18)14-5-6-1-2-7(19-6)8(15)16/h1-2H,3-5H2,(H,15,16)(H3,11,12,17)(H2,13,14,18). The zero-order valence-electron chi connectivity index (χ0n) is 9.93. The van der Waals surface area contributed by atoms with Gasteiger partial charge in [-0.15, -0.1) is 0 Å². The van der Waals surface area contributed by atoms with E-state index in [1.54, 1.807) is 0 Å². The number of carboxylic acid groups (broad SMARTS) is 1. The van der Waals surface area contributed by atoms with Gasteiger partial charge in [0.25, 0.3) is 0 Å². The lowest BCUT2D eigenvalue weighted by molar-refractivity contribution is 0.0660. The van der Waals surface area contributed by atoms with Gasteiger partial charge in [0.2, 0.25) is 5.76 Å². The number of carboxylic acids is 1. The van der Waals surface area contributed by atoms with Crippen LogP contribution in [0.1, 0.15) is 16.3 Å². The second-order valence-corrected chi connectivity index (χ2v) is 3.47. The van der Waals surface area contributed by atoms with Crippen LogP contribution in [0, 0.1) is 0 Å². The van der Waals surface area contributed by atoms with Crippen LogP contribution in [0.2, 0.25) is 0 Å². The summed E-state index contributed by atoms with van der Waals surface area (Å²) in [6.45, 7) is 0.488. The van der Waals surface area contributed by atoms with E-state index in [9.17, 15) is 14.4 Å². The molecule has 9 nitrogen and oxygen atoms in total. The third kappa shape index (κ3) is 5.44. The molecule has 19 heavy (non-hydrogen) atoms. The Morgan fingerprint density at radius 3 is 2.42 bits per heavy atom. The maximum absolute atomic E-state index is 11.3. The summed E-state index contributed by atoms with van der Waals surface area (Å²) in [5, 5.41) is 15.8. The highest BCUT2D eigenvalue weighted by Gasteiger charge is 2.09. The van der Waals surface area contributed by atoms with Crippen LogP contribution in [0.3, 0.4) is 0 Å². The Labute approximate surface area is 108 Å². The second-order valence-electron chi connectivity index (χ2n) is 3.47. The third-order valence-corrected chi connectivity index (χ3v) is 2.01. The Kier molecular flexibility index (Phi) is 5.20. The van der Waals surface area contributed by atoms with Gasteiger partial charge in [0.05, 0.1) is 6.54 Å². The van der Waals surface area contributed by atoms with Crippen molar-refractivity contribution in [2.24, 2.45) is 5.73 Å². The van der Waals surface area contributed by atoms with Crippen molar-refractivity contribution < 1.29 is 23.9 Å². The number of nitrogens with two attached hydrogens (primary N) is 1. The van der Waals surface area contributed by atoms with Gasteiger partial charge in [-0.1, -0.05) is 0 Å². The molecule has 0 aliphatic carbocycles. The zero-order chi connectivity index (χ0) is 14.3. The first-order valence-electron chi connectivity index (χ1n) is 5.36. The SMILES string of the molecule is NC(=O)NCCNC(=O)NCc1ccc(C(=O)O)o1. The Balaban J connectivity index is 2.22. The van der Waals surface area contributed by atoms with Crippen molar-refractivity contribution in [1.82, 2.24) is 16.0 Å². The molecule has 0 aromatic carbocycles. The molecule has 0 bridgehead atoms. The predicted molar refractivity (Wildman–Crippen MR) is 63.5 cm³/mol. The quantitative estimate of drug-likeness (QED) is 0.440. The monoisotopic (exact) mass is 270 g/mol. The summed E-state index contributed by atoms with van der Waals surface area (Å²) >= 11 is 0. The van der Waals surface area contributed by atoms with E-state index >= 15 is 0 Å². The van der Waals surface area contributed by atoms with Crippen LogP contribution in [0.15, 0.2) is 16.5 Å². The molecule has 0 aliphatic heterocycles. The highest BCUT2D eigenvalue weighted by atomic mass is 16.4. The lowest BCUT2D eigenvalue weighted by Gasteiger charge is -2.06. The summed E-state index contributed by atoms with van der Waals surface area (Å²) in [5.41, 5.74) is 4.83. The molecule has 0 unspecified atom stereocenters. The van der Waals surface area contributed by atoms with Crippen molar-refractivity contribution in [3.63, 3.8) is 0 Å². The molecule has 0 radical (unpaired) electrons. The summed E-state index contributed by atoms with van der Waals surface area (Å²) in [6.07, 6.45) is 0. The number of hydrogen-bond donors (Lipinski definition) is 5. The molecule has 1 heterocycles. The number of hydrogen-bond acceptors (Lipinski definition) is 4. The van der Waals surface area contributed by atoms with Crippen molar-refractivity contribution in [2.45, 2.75) is 6.54 Å². The molecular weight excluding hydrogens is 256 g/mol. The highest BCUT2D eigenvalue weighted by Crippen LogP contribution is 2.07. The van der Waals surface area contributed by atoms with E-state index in [0.717, 1.165) is 0 Å². The van der Waals surface area contributed by atoms with Crippen molar-refractivity contribution in [1.29, 1.82) is 0 Å². The van der Waals surface area contributed by atoms with Crippen LogP contribution >= 0.6 is 0 Å². The minimum atomic E-state index is -1.17. The zero-order valence-corrected chi connectivity index (χ0v) is 9.93. The number of urea groups is 2. The maximum Gasteiger partial charge on any atom is 0.371 e. The van der Waals surface area contributed by atoms with Gasteiger partial charge in [-0.05, 0) is 12.1 Å². The maximum atomic E-state index is 11.3. The molecule has 0 fully saturated rings. The average molecular weight is 270 g/mol. The molecule has 104 valence electrons. The molecular formula is C10H14N4O5. The van der Waals surface area contributed by atoms with Gasteiger partial charge in [0, 0.05) is 13.1 Å². The number of furan rings is 1. The van der Waals surface area contributed by atoms with Crippen molar-refractivity contribution >= 4 is 18.0 Å². The second kappa shape index (κ2) is 6.89. The first-order valence-corrected chi connectivity index (χ1v) is 5.36. The summed E-state index contributed by atoms with van der Waals surface area (Å²) in [6, 6.07) is 1.62. The number of primary amides is 1. The highest BCUT2D eigenvalue weighted by molar-refractivity contribution is 5.84. The van der Waals surface area contributed by atoms with Gasteiger partial charge in [-0.3, -0.25) is 0 Å². The van der Waals surface area contributed by atoms with E-state index in [1.807, 2.05) is 0 Å². The van der Waals surface area contributed by atoms with E-state index in [2.05, 4.69) is 16.0 Å². The third-order valence-electron chi connectivity index (χ3n) is 2.01. The van der Waals surface area contributed by atoms with E-state index in [4.69, 9.17) is 15.3 Å². The van der Waals surface area contributed by atoms with E-state index < -0.39 is 18.0 Å². The molecule has 9 heteroatoms. The number of carbonyl (C=O) groups is 3. The van der Waals surface area contributed by atoms with Crippen LogP contribution in [0.25, 0.3) is 0 Å². The Morgan fingerprint density at radius 2 is 1.84 bits per heavy atom. The molecule has 6 N–H and O–H groups in total. The molecule has 0 atom stereocenters. The molecule has 1 aromatic heterocycles. The van der Waals surface area contributed by atoms with Crippen LogP contribution in [-0.2, 0) is 6.54 Å². The summed E-state index contributed by atoms with van der Waals surface area (Å²) in [5.74, 6) is -1.04. The predicted octanol–water partition coefficient (Wildman–Crippen LogP) is -0.555. The topological polar surface area (TPSA) is 147 Å². The molecule has 0 saturated carbocycles. The van der Waals surface area contributed by atoms with Gasteiger partial charge in [-0.25, -0.2) is 14.4 Å². The van der Waals surface area contributed by atoms with Crippen LogP contribution in [-0.4, -0.2) is 36.2 Å². The fourth-order valence-electron chi connectivity index (χ4n) is 1.18. The first kappa shape index (κ1) is 14.4. The largest absolute Gasteiger partial charge is 0.475 e. The number of aromatic carboxylic acids is 1. The van der Waals surface area contributed by atoms with Crippen molar-refractivity contribution in [3.05, 3.63) is 23.7 Å². The van der Waals surface area contributed by atoms with Gasteiger partial charge < -0.3 is 31.2 Å². The minimum absolute atomic E-state index is 0.0579. The lowest BCUT2D eigenvalue weighted by Crippen LogP contribution is -2.41. The number of nitrogens with one attached hydrogen (secondary N) is 3. The minimum Gasteiger partial charge on any atom is -0.475 e. The number of rotatable bonds is 6. The average Bonchev–Trinajstić information content (AvgIpc) is 2.81. The fraction of sp³-hybridized carbons (Fsp3) is 0.300. The Bertz CT molecular complexity index is 470. The summed E-state index contributed by atoms with van der Waals surface area (Å²) in [4.78, 5) is 32.2. The lowest BCUT2D eigenvalue weighted by atomic mass is 10.4. The van der Waals surface area contributed by atoms with Crippen LogP contribution < -0.4 is 21.7 Å². The number of amides is 4. The normalized spacial score (nSPS) is 9.68. The van der Waals surface area contributed by atoms with E-state index in [-0.39, 0.29) is 25.4 Å². The fourth-order valence-corrected chi connectivity index (χ4v) is 1.18.